The van der Waals surface area contributed by atoms with Crippen LogP contribution in [0.15, 0.2) is 0 Å². The summed E-state index contributed by atoms with van der Waals surface area (Å²) in [6.45, 7) is 0. The Kier molecular flexibility index (Phi) is 11.7. The van der Waals surface area contributed by atoms with Crippen molar-refractivity contribution in [2.45, 2.75) is 0 Å². The topological polar surface area (TPSA) is 27.7 Å². The maximum Gasteiger partial charge on any atom is 0.331 e. The molecule has 0 amide bonds. The molecule has 8 heavy (non-hydrogen) atoms. The molecule has 0 heterocycles. The molecule has 0 rings (SSSR count). The minimum Gasteiger partial charge on any atom is -0.316 e. The third-order valence-corrected chi connectivity index (χ3v) is 1.34. The van der Waals surface area contributed by atoms with E-state index in [9.17, 15) is 0 Å². The van der Waals surface area contributed by atoms with Gasteiger partial charge in [0.1, 0.15) is 0 Å². The van der Waals surface area contributed by atoms with E-state index in [0.717, 1.165) is 0 Å². The minimum atomic E-state index is -1.05. The van der Waals surface area contributed by atoms with E-state index in [2.05, 4.69) is 13.6 Å². The van der Waals surface area contributed by atoms with Crippen molar-refractivity contribution in [2.75, 3.05) is 21.3 Å². The molecule has 0 aliphatic heterocycles. The Bertz CT molecular complexity index is 36.0. The Labute approximate surface area is 64.3 Å². The van der Waals surface area contributed by atoms with Crippen LogP contribution in [0.3, 0.4) is 0 Å². The van der Waals surface area contributed by atoms with Crippen LogP contribution in [0, 0.1) is 0 Å². The van der Waals surface area contributed by atoms with Crippen molar-refractivity contribution in [1.82, 2.24) is 0 Å². The van der Waals surface area contributed by atoms with Crippen LogP contribution in [-0.4, -0.2) is 21.3 Å². The molecule has 0 bridgehead atoms. The number of hydrogen-bond acceptors (Lipinski definition) is 3. The van der Waals surface area contributed by atoms with Gasteiger partial charge in [-0.2, -0.15) is 0 Å². The van der Waals surface area contributed by atoms with Crippen LogP contribution in [0.5, 0.6) is 0 Å². The molecule has 0 aromatic heterocycles. The third-order valence-electron chi connectivity index (χ3n) is 0.447. The maximum atomic E-state index is 4.67. The van der Waals surface area contributed by atoms with E-state index < -0.39 is 8.60 Å². The molecule has 0 atom stereocenters. The van der Waals surface area contributed by atoms with Crippen molar-refractivity contribution < 1.29 is 34.0 Å². The Hall–Kier alpha value is 0.972. The summed E-state index contributed by atoms with van der Waals surface area (Å²) in [4.78, 5) is 0. The standard InChI is InChI=1S/C3H9O3P.Pd/c1-4-7(5-2)6-3;/h1-3H3;. The van der Waals surface area contributed by atoms with Gasteiger partial charge in [-0.05, 0) is 0 Å². The van der Waals surface area contributed by atoms with Gasteiger partial charge in [0, 0.05) is 41.8 Å². The molecule has 0 fully saturated rings. The summed E-state index contributed by atoms with van der Waals surface area (Å²) in [5, 5.41) is 0. The van der Waals surface area contributed by atoms with E-state index in [-0.39, 0.29) is 20.4 Å². The Morgan fingerprint density at radius 1 is 0.875 bits per heavy atom. The summed E-state index contributed by atoms with van der Waals surface area (Å²) in [7, 11) is 3.57. The second-order valence-electron chi connectivity index (χ2n) is 0.771. The summed E-state index contributed by atoms with van der Waals surface area (Å²) in [5.41, 5.74) is 0. The fourth-order valence-electron chi connectivity index (χ4n) is 0.224. The van der Waals surface area contributed by atoms with Gasteiger partial charge in [0.05, 0.1) is 0 Å². The average Bonchev–Trinajstić information content (AvgIpc) is 1.72. The SMILES string of the molecule is COP(OC)OC.[Pd]. The van der Waals surface area contributed by atoms with Crippen molar-refractivity contribution >= 4 is 8.60 Å². The van der Waals surface area contributed by atoms with Crippen LogP contribution >= 0.6 is 8.60 Å². The normalized spacial score (nSPS) is 9.00. The molecule has 0 aromatic rings. The van der Waals surface area contributed by atoms with Crippen molar-refractivity contribution in [3.05, 3.63) is 0 Å². The maximum absolute atomic E-state index is 4.67. The number of rotatable bonds is 3. The van der Waals surface area contributed by atoms with E-state index in [0.29, 0.717) is 0 Å². The molecule has 0 saturated heterocycles. The van der Waals surface area contributed by atoms with Crippen LogP contribution in [0.4, 0.5) is 0 Å². The molecule has 0 saturated carbocycles. The van der Waals surface area contributed by atoms with Gasteiger partial charge >= 0.3 is 8.60 Å². The molecule has 0 aliphatic rings. The third kappa shape index (κ3) is 5.12. The van der Waals surface area contributed by atoms with Gasteiger partial charge in [0.25, 0.3) is 0 Å². The Morgan fingerprint density at radius 2 is 1.12 bits per heavy atom. The predicted molar refractivity (Wildman–Crippen MR) is 27.9 cm³/mol. The van der Waals surface area contributed by atoms with Gasteiger partial charge in [0.15, 0.2) is 0 Å². The molecular formula is C3H9O3PPd. The van der Waals surface area contributed by atoms with Crippen molar-refractivity contribution in [3.63, 3.8) is 0 Å². The zero-order chi connectivity index (χ0) is 5.70. The first-order valence-corrected chi connectivity index (χ1v) is 2.87. The van der Waals surface area contributed by atoms with Gasteiger partial charge in [0.2, 0.25) is 0 Å². The second-order valence-corrected chi connectivity index (χ2v) is 2.31. The number of hydrogen-bond donors (Lipinski definition) is 0. The second kappa shape index (κ2) is 7.97. The largest absolute Gasteiger partial charge is 0.331 e. The van der Waals surface area contributed by atoms with Gasteiger partial charge in [-0.25, -0.2) is 0 Å². The van der Waals surface area contributed by atoms with E-state index in [4.69, 9.17) is 0 Å². The van der Waals surface area contributed by atoms with E-state index in [1.165, 1.54) is 0 Å². The summed E-state index contributed by atoms with van der Waals surface area (Å²) in [6, 6.07) is 0. The molecule has 0 radical (unpaired) electrons. The summed E-state index contributed by atoms with van der Waals surface area (Å²) >= 11 is 0. The fourth-order valence-corrected chi connectivity index (χ4v) is 0.671. The molecular weight excluding hydrogens is 221 g/mol. The van der Waals surface area contributed by atoms with Crippen LogP contribution in [0.25, 0.3) is 0 Å². The van der Waals surface area contributed by atoms with Crippen molar-refractivity contribution in [3.8, 4) is 0 Å². The van der Waals surface area contributed by atoms with Crippen LogP contribution in [0.1, 0.15) is 0 Å². The van der Waals surface area contributed by atoms with E-state index >= 15 is 0 Å². The van der Waals surface area contributed by atoms with E-state index in [1.807, 2.05) is 0 Å². The first kappa shape index (κ1) is 11.7. The summed E-state index contributed by atoms with van der Waals surface area (Å²) in [6.07, 6.45) is 0. The van der Waals surface area contributed by atoms with Gasteiger partial charge < -0.3 is 13.6 Å². The summed E-state index contributed by atoms with van der Waals surface area (Å²) in [5.74, 6) is 0. The monoisotopic (exact) mass is 230 g/mol. The zero-order valence-corrected chi connectivity index (χ0v) is 7.44. The van der Waals surface area contributed by atoms with Crippen molar-refractivity contribution in [2.24, 2.45) is 0 Å². The quantitative estimate of drug-likeness (QED) is 0.538. The first-order chi connectivity index (χ1) is 3.35. The molecule has 0 spiro atoms. The smallest absolute Gasteiger partial charge is 0.316 e. The van der Waals surface area contributed by atoms with Crippen LogP contribution in [0.2, 0.25) is 0 Å². The molecule has 0 aromatic carbocycles. The molecule has 54 valence electrons. The Morgan fingerprint density at radius 3 is 1.12 bits per heavy atom. The first-order valence-electron chi connectivity index (χ1n) is 1.77. The van der Waals surface area contributed by atoms with Gasteiger partial charge in [-0.1, -0.05) is 0 Å². The zero-order valence-electron chi connectivity index (χ0n) is 4.99. The van der Waals surface area contributed by atoms with E-state index in [1.54, 1.807) is 21.3 Å². The fraction of sp³-hybridized carbons (Fsp3) is 1.00. The molecule has 5 heteroatoms. The average molecular weight is 230 g/mol. The predicted octanol–water partition coefficient (Wildman–Crippen LogP) is 1.15. The molecule has 0 aliphatic carbocycles. The van der Waals surface area contributed by atoms with Crippen LogP contribution < -0.4 is 0 Å². The molecule has 0 N–H and O–H groups in total. The Balaban J connectivity index is 0. The van der Waals surface area contributed by atoms with Gasteiger partial charge in [-0.15, -0.1) is 0 Å². The summed E-state index contributed by atoms with van der Waals surface area (Å²) < 4.78 is 14.0. The van der Waals surface area contributed by atoms with Gasteiger partial charge in [-0.3, -0.25) is 0 Å². The van der Waals surface area contributed by atoms with Crippen molar-refractivity contribution in [1.29, 1.82) is 0 Å². The van der Waals surface area contributed by atoms with Crippen LogP contribution in [-0.2, 0) is 34.0 Å². The molecule has 3 nitrogen and oxygen atoms in total. The molecule has 0 unspecified atom stereocenters. The minimum absolute atomic E-state index is 0.